The number of esters is 1. The highest BCUT2D eigenvalue weighted by Crippen LogP contribution is 2.47. The Morgan fingerprint density at radius 1 is 1.24 bits per heavy atom. The molecule has 0 aromatic heterocycles. The molecule has 2 aliphatic rings. The van der Waals surface area contributed by atoms with Crippen molar-refractivity contribution in [2.45, 2.75) is 38.2 Å². The minimum Gasteiger partial charge on any atom is -0.459 e. The molecule has 0 aliphatic carbocycles. The number of carbonyl (C=O) groups excluding carboxylic acids is 1. The number of benzene rings is 1. The number of carbonyl (C=O) groups is 1. The number of nitrogens with zero attached hydrogens (tertiary/aromatic N) is 1. The van der Waals surface area contributed by atoms with Gasteiger partial charge in [-0.05, 0) is 50.9 Å². The predicted molar refractivity (Wildman–Crippen MR) is 78.4 cm³/mol. The first-order valence-electron chi connectivity index (χ1n) is 7.57. The molecule has 2 aliphatic heterocycles. The molecular formula is C17H22FNO2. The zero-order valence-corrected chi connectivity index (χ0v) is 12.7. The van der Waals surface area contributed by atoms with Gasteiger partial charge in [0.1, 0.15) is 11.4 Å². The molecule has 3 nitrogen and oxygen atoms in total. The molecule has 114 valence electrons. The van der Waals surface area contributed by atoms with E-state index in [9.17, 15) is 9.18 Å². The van der Waals surface area contributed by atoms with E-state index in [4.69, 9.17) is 4.74 Å². The maximum Gasteiger partial charge on any atom is 0.312 e. The molecule has 0 radical (unpaired) electrons. The Labute approximate surface area is 125 Å². The summed E-state index contributed by atoms with van der Waals surface area (Å²) in [6.45, 7) is 3.92. The van der Waals surface area contributed by atoms with E-state index < -0.39 is 5.41 Å². The fourth-order valence-electron chi connectivity index (χ4n) is 3.63. The number of rotatable bonds is 2. The van der Waals surface area contributed by atoms with Crippen LogP contribution in [0.5, 0.6) is 0 Å². The van der Waals surface area contributed by atoms with Gasteiger partial charge >= 0.3 is 5.97 Å². The monoisotopic (exact) mass is 291 g/mol. The molecule has 0 amide bonds. The summed E-state index contributed by atoms with van der Waals surface area (Å²) in [5, 5.41) is 0. The summed E-state index contributed by atoms with van der Waals surface area (Å²) in [7, 11) is 2.10. The number of halogens is 1. The molecule has 4 heteroatoms. The maximum absolute atomic E-state index is 13.0. The highest BCUT2D eigenvalue weighted by Gasteiger charge is 2.54. The minimum atomic E-state index is -0.492. The van der Waals surface area contributed by atoms with E-state index in [-0.39, 0.29) is 17.4 Å². The summed E-state index contributed by atoms with van der Waals surface area (Å²) in [5.41, 5.74) is 0.215. The summed E-state index contributed by atoms with van der Waals surface area (Å²) in [4.78, 5) is 14.7. The Morgan fingerprint density at radius 2 is 1.86 bits per heavy atom. The largest absolute Gasteiger partial charge is 0.459 e. The SMILES string of the molecule is CN1CCC2(CC1)CC(C)(Cc1ccc(F)cc1)C(=O)O2. The van der Waals surface area contributed by atoms with Crippen LogP contribution in [0.2, 0.25) is 0 Å². The second kappa shape index (κ2) is 5.09. The van der Waals surface area contributed by atoms with Gasteiger partial charge in [0, 0.05) is 19.5 Å². The van der Waals surface area contributed by atoms with Crippen molar-refractivity contribution >= 4 is 5.97 Å². The van der Waals surface area contributed by atoms with Gasteiger partial charge in [-0.2, -0.15) is 0 Å². The first kappa shape index (κ1) is 14.5. The zero-order valence-electron chi connectivity index (χ0n) is 12.7. The molecule has 0 N–H and O–H groups in total. The van der Waals surface area contributed by atoms with E-state index in [1.165, 1.54) is 12.1 Å². The van der Waals surface area contributed by atoms with Crippen molar-refractivity contribution in [3.8, 4) is 0 Å². The molecule has 1 aromatic carbocycles. The Balaban J connectivity index is 1.75. The van der Waals surface area contributed by atoms with E-state index in [0.29, 0.717) is 6.42 Å². The normalized spacial score (nSPS) is 28.8. The number of hydrogen-bond acceptors (Lipinski definition) is 3. The number of hydrogen-bond donors (Lipinski definition) is 0. The second-order valence-corrected chi connectivity index (χ2v) is 6.92. The molecule has 1 atom stereocenters. The third kappa shape index (κ3) is 2.82. The van der Waals surface area contributed by atoms with Gasteiger partial charge in [-0.25, -0.2) is 4.39 Å². The van der Waals surface area contributed by atoms with Crippen molar-refractivity contribution < 1.29 is 13.9 Å². The van der Waals surface area contributed by atoms with Crippen molar-refractivity contribution in [2.24, 2.45) is 5.41 Å². The maximum atomic E-state index is 13.0. The fourth-order valence-corrected chi connectivity index (χ4v) is 3.63. The highest BCUT2D eigenvalue weighted by molar-refractivity contribution is 5.79. The van der Waals surface area contributed by atoms with Crippen LogP contribution in [-0.2, 0) is 16.0 Å². The predicted octanol–water partition coefficient (Wildman–Crippen LogP) is 2.79. The molecule has 1 unspecified atom stereocenters. The molecule has 2 fully saturated rings. The molecule has 1 spiro atoms. The Hall–Kier alpha value is -1.42. The molecule has 0 saturated carbocycles. The lowest BCUT2D eigenvalue weighted by molar-refractivity contribution is -0.156. The quantitative estimate of drug-likeness (QED) is 0.785. The van der Waals surface area contributed by atoms with E-state index >= 15 is 0 Å². The summed E-state index contributed by atoms with van der Waals surface area (Å²) in [6.07, 6.45) is 3.20. The second-order valence-electron chi connectivity index (χ2n) is 6.92. The van der Waals surface area contributed by atoms with Gasteiger partial charge in [0.25, 0.3) is 0 Å². The number of piperidine rings is 1. The summed E-state index contributed by atoms with van der Waals surface area (Å²) >= 11 is 0. The minimum absolute atomic E-state index is 0.101. The van der Waals surface area contributed by atoms with E-state index in [0.717, 1.165) is 37.9 Å². The third-order valence-corrected chi connectivity index (χ3v) is 4.92. The van der Waals surface area contributed by atoms with Gasteiger partial charge in [0.2, 0.25) is 0 Å². The topological polar surface area (TPSA) is 29.5 Å². The summed E-state index contributed by atoms with van der Waals surface area (Å²) in [6, 6.07) is 6.41. The number of likely N-dealkylation sites (tertiary alicyclic amines) is 1. The number of ether oxygens (including phenoxy) is 1. The summed E-state index contributed by atoms with van der Waals surface area (Å²) < 4.78 is 18.8. The van der Waals surface area contributed by atoms with E-state index in [1.807, 2.05) is 6.92 Å². The standard InChI is InChI=1S/C17H22FNO2/c1-16(11-13-3-5-14(18)6-4-13)12-17(21-15(16)20)7-9-19(2)10-8-17/h3-6H,7-12H2,1-2H3. The Morgan fingerprint density at radius 3 is 2.48 bits per heavy atom. The van der Waals surface area contributed by atoms with Crippen LogP contribution in [-0.4, -0.2) is 36.6 Å². The van der Waals surface area contributed by atoms with Crippen LogP contribution in [0, 0.1) is 11.2 Å². The average molecular weight is 291 g/mol. The first-order valence-corrected chi connectivity index (χ1v) is 7.57. The van der Waals surface area contributed by atoms with Crippen molar-refractivity contribution in [1.82, 2.24) is 4.90 Å². The molecule has 2 heterocycles. The van der Waals surface area contributed by atoms with Crippen LogP contribution in [0.1, 0.15) is 31.7 Å². The molecule has 3 rings (SSSR count). The lowest BCUT2D eigenvalue weighted by atomic mass is 9.74. The van der Waals surface area contributed by atoms with Crippen LogP contribution in [0.4, 0.5) is 4.39 Å². The van der Waals surface area contributed by atoms with Gasteiger partial charge in [-0.3, -0.25) is 4.79 Å². The van der Waals surface area contributed by atoms with Crippen molar-refractivity contribution in [2.75, 3.05) is 20.1 Å². The average Bonchev–Trinajstić information content (AvgIpc) is 2.68. The van der Waals surface area contributed by atoms with Crippen LogP contribution >= 0.6 is 0 Å². The summed E-state index contributed by atoms with van der Waals surface area (Å²) in [5.74, 6) is -0.346. The molecule has 2 saturated heterocycles. The molecular weight excluding hydrogens is 269 g/mol. The lowest BCUT2D eigenvalue weighted by Crippen LogP contribution is -2.42. The van der Waals surface area contributed by atoms with E-state index in [1.54, 1.807) is 12.1 Å². The van der Waals surface area contributed by atoms with E-state index in [2.05, 4.69) is 11.9 Å². The van der Waals surface area contributed by atoms with Crippen molar-refractivity contribution in [3.63, 3.8) is 0 Å². The first-order chi connectivity index (χ1) is 9.91. The molecule has 0 bridgehead atoms. The van der Waals surface area contributed by atoms with Crippen LogP contribution < -0.4 is 0 Å². The van der Waals surface area contributed by atoms with Crippen molar-refractivity contribution in [1.29, 1.82) is 0 Å². The van der Waals surface area contributed by atoms with Gasteiger partial charge in [-0.15, -0.1) is 0 Å². The van der Waals surface area contributed by atoms with Gasteiger partial charge in [0.05, 0.1) is 5.41 Å². The Kier molecular flexibility index (Phi) is 3.52. The third-order valence-electron chi connectivity index (χ3n) is 4.92. The lowest BCUT2D eigenvalue weighted by Gasteiger charge is -2.36. The Bertz CT molecular complexity index is 534. The fraction of sp³-hybridized carbons (Fsp3) is 0.588. The smallest absolute Gasteiger partial charge is 0.312 e. The van der Waals surface area contributed by atoms with Crippen molar-refractivity contribution in [3.05, 3.63) is 35.6 Å². The molecule has 21 heavy (non-hydrogen) atoms. The zero-order chi connectivity index (χ0) is 15.1. The highest BCUT2D eigenvalue weighted by atomic mass is 19.1. The van der Waals surface area contributed by atoms with Crippen LogP contribution in [0.25, 0.3) is 0 Å². The van der Waals surface area contributed by atoms with Gasteiger partial charge < -0.3 is 9.64 Å². The van der Waals surface area contributed by atoms with Gasteiger partial charge in [-0.1, -0.05) is 12.1 Å². The van der Waals surface area contributed by atoms with Crippen LogP contribution in [0.3, 0.4) is 0 Å². The van der Waals surface area contributed by atoms with Crippen LogP contribution in [0.15, 0.2) is 24.3 Å². The van der Waals surface area contributed by atoms with Gasteiger partial charge in [0.15, 0.2) is 0 Å². The molecule has 1 aromatic rings.